The second-order valence-electron chi connectivity index (χ2n) is 7.34. The molecule has 1 aliphatic heterocycles. The fourth-order valence-corrected chi connectivity index (χ4v) is 3.84. The highest BCUT2D eigenvalue weighted by Crippen LogP contribution is 2.37. The Morgan fingerprint density at radius 2 is 1.82 bits per heavy atom. The van der Waals surface area contributed by atoms with Crippen LogP contribution in [0.2, 0.25) is 0 Å². The first kappa shape index (κ1) is 18.1. The van der Waals surface area contributed by atoms with Crippen molar-refractivity contribution < 1.29 is 4.79 Å². The van der Waals surface area contributed by atoms with Gasteiger partial charge in [-0.2, -0.15) is 10.1 Å². The lowest BCUT2D eigenvalue weighted by Gasteiger charge is -2.31. The molecule has 0 saturated carbocycles. The van der Waals surface area contributed by atoms with Gasteiger partial charge in [0.1, 0.15) is 12.2 Å². The van der Waals surface area contributed by atoms with Crippen molar-refractivity contribution in [3.63, 3.8) is 0 Å². The van der Waals surface area contributed by atoms with Gasteiger partial charge in [-0.05, 0) is 50.5 Å². The van der Waals surface area contributed by atoms with E-state index < -0.39 is 5.92 Å². The number of carbonyl (C=O) groups is 1. The molecule has 3 aromatic rings. The maximum Gasteiger partial charge on any atom is 0.248 e. The first-order chi connectivity index (χ1) is 13.5. The minimum Gasteiger partial charge on any atom is -0.325 e. The van der Waals surface area contributed by atoms with Crippen LogP contribution in [0.3, 0.4) is 0 Å². The van der Waals surface area contributed by atoms with Gasteiger partial charge in [0.25, 0.3) is 0 Å². The number of nitrogens with one attached hydrogen (secondary N) is 1. The van der Waals surface area contributed by atoms with E-state index in [0.717, 1.165) is 33.7 Å². The van der Waals surface area contributed by atoms with Crippen LogP contribution in [-0.4, -0.2) is 26.4 Å². The molecule has 2 atom stereocenters. The highest BCUT2D eigenvalue weighted by atomic mass is 16.2. The Hall–Kier alpha value is -3.28. The minimum atomic E-state index is -0.476. The second-order valence-corrected chi connectivity index (χ2v) is 7.34. The first-order valence-corrected chi connectivity index (χ1v) is 9.34. The Balaban J connectivity index is 1.77. The van der Waals surface area contributed by atoms with E-state index in [1.165, 1.54) is 6.33 Å². The molecule has 2 unspecified atom stereocenters. The highest BCUT2D eigenvalue weighted by Gasteiger charge is 2.39. The molecule has 6 nitrogen and oxygen atoms in total. The summed E-state index contributed by atoms with van der Waals surface area (Å²) in [5.41, 5.74) is 5.90. The molecule has 0 fully saturated rings. The first-order valence-electron chi connectivity index (χ1n) is 9.34. The third kappa shape index (κ3) is 3.11. The lowest BCUT2D eigenvalue weighted by atomic mass is 9.85. The molecule has 0 saturated heterocycles. The molecular formula is C22H23N5O. The van der Waals surface area contributed by atoms with Gasteiger partial charge in [0.2, 0.25) is 11.9 Å². The number of aryl methyl sites for hydroxylation is 3. The van der Waals surface area contributed by atoms with Crippen LogP contribution >= 0.6 is 0 Å². The van der Waals surface area contributed by atoms with Crippen LogP contribution in [-0.2, 0) is 4.79 Å². The Morgan fingerprint density at radius 1 is 1.04 bits per heavy atom. The van der Waals surface area contributed by atoms with Gasteiger partial charge in [-0.3, -0.25) is 4.79 Å². The van der Waals surface area contributed by atoms with Gasteiger partial charge >= 0.3 is 0 Å². The monoisotopic (exact) mass is 373 g/mol. The molecule has 1 amide bonds. The van der Waals surface area contributed by atoms with E-state index in [2.05, 4.69) is 26.5 Å². The van der Waals surface area contributed by atoms with Crippen LogP contribution in [0.5, 0.6) is 0 Å². The highest BCUT2D eigenvalue weighted by molar-refractivity contribution is 6.10. The van der Waals surface area contributed by atoms with Gasteiger partial charge in [-0.15, -0.1) is 0 Å². The average Bonchev–Trinajstić information content (AvgIpc) is 3.11. The van der Waals surface area contributed by atoms with Gasteiger partial charge in [0.05, 0.1) is 6.04 Å². The Labute approximate surface area is 164 Å². The SMILES string of the molecule is CC1=Nc2ncnn2C(c2ccccc2C)C1C(=O)Nc1ccc(C)cc1C. The van der Waals surface area contributed by atoms with Crippen LogP contribution in [0.4, 0.5) is 11.6 Å². The smallest absolute Gasteiger partial charge is 0.248 e. The maximum atomic E-state index is 13.4. The molecule has 6 heteroatoms. The van der Waals surface area contributed by atoms with E-state index >= 15 is 0 Å². The third-order valence-corrected chi connectivity index (χ3v) is 5.29. The minimum absolute atomic E-state index is 0.0948. The number of aromatic nitrogens is 3. The number of rotatable bonds is 3. The number of amides is 1. The van der Waals surface area contributed by atoms with Crippen LogP contribution in [0, 0.1) is 26.7 Å². The Morgan fingerprint density at radius 3 is 2.57 bits per heavy atom. The van der Waals surface area contributed by atoms with E-state index in [1.54, 1.807) is 4.68 Å². The fraction of sp³-hybridized carbons (Fsp3) is 0.273. The number of hydrogen-bond acceptors (Lipinski definition) is 4. The molecule has 0 spiro atoms. The van der Waals surface area contributed by atoms with Crippen molar-refractivity contribution in [1.82, 2.24) is 14.8 Å². The summed E-state index contributed by atoms with van der Waals surface area (Å²) < 4.78 is 1.75. The van der Waals surface area contributed by atoms with Gasteiger partial charge in [0.15, 0.2) is 0 Å². The molecule has 1 aromatic heterocycles. The summed E-state index contributed by atoms with van der Waals surface area (Å²) in [6, 6.07) is 13.8. The van der Waals surface area contributed by atoms with Gasteiger partial charge < -0.3 is 5.32 Å². The van der Waals surface area contributed by atoms with Crippen molar-refractivity contribution in [3.05, 3.63) is 71.0 Å². The zero-order valence-electron chi connectivity index (χ0n) is 16.5. The van der Waals surface area contributed by atoms with E-state index in [9.17, 15) is 4.79 Å². The van der Waals surface area contributed by atoms with Crippen LogP contribution in [0.1, 0.15) is 35.2 Å². The average molecular weight is 373 g/mol. The van der Waals surface area contributed by atoms with Crippen LogP contribution in [0.15, 0.2) is 53.8 Å². The van der Waals surface area contributed by atoms with Crippen molar-refractivity contribution in [3.8, 4) is 0 Å². The number of carbonyl (C=O) groups excluding carboxylic acids is 1. The lowest BCUT2D eigenvalue weighted by molar-refractivity contribution is -0.118. The fourth-order valence-electron chi connectivity index (χ4n) is 3.84. The molecule has 2 heterocycles. The van der Waals surface area contributed by atoms with Crippen molar-refractivity contribution in [1.29, 1.82) is 0 Å². The summed E-state index contributed by atoms with van der Waals surface area (Å²) in [6.07, 6.45) is 1.49. The van der Waals surface area contributed by atoms with Gasteiger partial charge in [-0.1, -0.05) is 42.0 Å². The molecule has 4 rings (SSSR count). The molecule has 28 heavy (non-hydrogen) atoms. The summed E-state index contributed by atoms with van der Waals surface area (Å²) >= 11 is 0. The van der Waals surface area contributed by atoms with E-state index in [4.69, 9.17) is 0 Å². The van der Waals surface area contributed by atoms with Gasteiger partial charge in [-0.25, -0.2) is 9.67 Å². The topological polar surface area (TPSA) is 72.2 Å². The van der Waals surface area contributed by atoms with Gasteiger partial charge in [0, 0.05) is 11.4 Å². The number of fused-ring (bicyclic) bond motifs is 1. The summed E-state index contributed by atoms with van der Waals surface area (Å²) in [7, 11) is 0. The third-order valence-electron chi connectivity index (χ3n) is 5.29. The van der Waals surface area contributed by atoms with Crippen LogP contribution < -0.4 is 5.32 Å². The Bertz CT molecular complexity index is 1080. The second kappa shape index (κ2) is 7.03. The molecule has 0 bridgehead atoms. The quantitative estimate of drug-likeness (QED) is 0.749. The largest absolute Gasteiger partial charge is 0.325 e. The Kier molecular flexibility index (Phi) is 4.55. The summed E-state index contributed by atoms with van der Waals surface area (Å²) in [6.45, 7) is 7.97. The molecule has 0 aliphatic carbocycles. The van der Waals surface area contributed by atoms with E-state index in [0.29, 0.717) is 5.95 Å². The number of anilines is 1. The number of hydrogen-bond donors (Lipinski definition) is 1. The van der Waals surface area contributed by atoms with Crippen LogP contribution in [0.25, 0.3) is 0 Å². The summed E-state index contributed by atoms with van der Waals surface area (Å²) in [4.78, 5) is 22.2. The predicted molar refractivity (Wildman–Crippen MR) is 110 cm³/mol. The number of aliphatic imine (C=N–C) groups is 1. The standard InChI is InChI=1S/C22H23N5O/c1-13-9-10-18(15(3)11-13)26-21(28)19-16(4)25-22-23-12-24-27(22)20(19)17-8-6-5-7-14(17)2/h5-12,19-20H,1-4H3,(H,26,28). The molecule has 2 aromatic carbocycles. The van der Waals surface area contributed by atoms with E-state index in [1.807, 2.05) is 64.1 Å². The summed E-state index contributed by atoms with van der Waals surface area (Å²) in [5, 5.41) is 7.48. The van der Waals surface area contributed by atoms with Crippen molar-refractivity contribution in [2.45, 2.75) is 33.7 Å². The predicted octanol–water partition coefficient (Wildman–Crippen LogP) is 4.15. The molecule has 142 valence electrons. The number of nitrogens with zero attached hydrogens (tertiary/aromatic N) is 4. The van der Waals surface area contributed by atoms with Crippen molar-refractivity contribution in [2.75, 3.05) is 5.32 Å². The summed E-state index contributed by atoms with van der Waals surface area (Å²) in [5.74, 6) is -0.0417. The zero-order valence-corrected chi connectivity index (χ0v) is 16.5. The van der Waals surface area contributed by atoms with Crippen molar-refractivity contribution in [2.24, 2.45) is 10.9 Å². The molecule has 0 radical (unpaired) electrons. The van der Waals surface area contributed by atoms with E-state index in [-0.39, 0.29) is 11.9 Å². The lowest BCUT2D eigenvalue weighted by Crippen LogP contribution is -2.39. The van der Waals surface area contributed by atoms with Crippen molar-refractivity contribution >= 4 is 23.3 Å². The zero-order chi connectivity index (χ0) is 19.8. The number of benzene rings is 2. The normalized spacial score (nSPS) is 18.4. The molecule has 1 N–H and O–H groups in total. The molecular weight excluding hydrogens is 350 g/mol. The molecule has 1 aliphatic rings. The maximum absolute atomic E-state index is 13.4.